The third kappa shape index (κ3) is 3.51. The van der Waals surface area contributed by atoms with Crippen molar-refractivity contribution in [1.82, 2.24) is 0 Å². The number of hydrogen-bond acceptors (Lipinski definition) is 3. The van der Waals surface area contributed by atoms with Crippen LogP contribution >= 0.6 is 0 Å². The lowest BCUT2D eigenvalue weighted by atomic mass is 10.1. The molecule has 5 nitrogen and oxygen atoms in total. The molecule has 1 aliphatic heterocycles. The van der Waals surface area contributed by atoms with Crippen LogP contribution in [-0.2, 0) is 14.8 Å². The van der Waals surface area contributed by atoms with Gasteiger partial charge in [0.15, 0.2) is 0 Å². The van der Waals surface area contributed by atoms with Gasteiger partial charge in [-0.15, -0.1) is 0 Å². The highest BCUT2D eigenvalue weighted by atomic mass is 32.2. The van der Waals surface area contributed by atoms with Gasteiger partial charge >= 0.3 is 0 Å². The van der Waals surface area contributed by atoms with Gasteiger partial charge < -0.3 is 4.90 Å². The summed E-state index contributed by atoms with van der Waals surface area (Å²) < 4.78 is 35.4. The molecule has 7 heteroatoms. The molecule has 1 saturated heterocycles. The molecule has 0 bridgehead atoms. The molecule has 1 amide bonds. The molecule has 0 aromatic heterocycles. The number of aryl methyl sites for hydroxylation is 1. The molecule has 1 fully saturated rings. The van der Waals surface area contributed by atoms with Gasteiger partial charge in [-0.05, 0) is 30.7 Å². The number of halogens is 1. The van der Waals surface area contributed by atoms with Crippen molar-refractivity contribution in [2.45, 2.75) is 13.3 Å². The van der Waals surface area contributed by atoms with Crippen LogP contribution in [0, 0.1) is 18.7 Å². The Kier molecular flexibility index (Phi) is 3.60. The predicted octanol–water partition coefficient (Wildman–Crippen LogP) is 0.776. The van der Waals surface area contributed by atoms with Crippen LogP contribution in [-0.4, -0.2) is 26.6 Å². The van der Waals surface area contributed by atoms with Gasteiger partial charge in [-0.3, -0.25) is 4.79 Å². The molecule has 2 N–H and O–H groups in total. The molecule has 1 aromatic rings. The third-order valence-electron chi connectivity index (χ3n) is 3.01. The normalized spacial score (nSPS) is 20.1. The molecular weight excluding hydrogens is 271 g/mol. The van der Waals surface area contributed by atoms with Crippen LogP contribution in [0.2, 0.25) is 0 Å². The maximum absolute atomic E-state index is 13.3. The summed E-state index contributed by atoms with van der Waals surface area (Å²) in [5, 5.41) is 4.98. The fraction of sp³-hybridized carbons (Fsp3) is 0.417. The lowest BCUT2D eigenvalue weighted by Gasteiger charge is -2.17. The summed E-state index contributed by atoms with van der Waals surface area (Å²) in [6.45, 7) is 1.98. The molecule has 0 saturated carbocycles. The van der Waals surface area contributed by atoms with Gasteiger partial charge in [0.25, 0.3) is 0 Å². The lowest BCUT2D eigenvalue weighted by molar-refractivity contribution is -0.117. The van der Waals surface area contributed by atoms with Gasteiger partial charge in [0, 0.05) is 24.6 Å². The highest BCUT2D eigenvalue weighted by Crippen LogP contribution is 2.27. The van der Waals surface area contributed by atoms with Crippen molar-refractivity contribution < 1.29 is 17.6 Å². The van der Waals surface area contributed by atoms with E-state index in [0.29, 0.717) is 11.3 Å². The Morgan fingerprint density at radius 3 is 2.68 bits per heavy atom. The van der Waals surface area contributed by atoms with Gasteiger partial charge in [0.1, 0.15) is 5.82 Å². The Bertz CT molecular complexity index is 595. The first kappa shape index (κ1) is 14.0. The number of carbonyl (C=O) groups is 1. The minimum atomic E-state index is -3.61. The summed E-state index contributed by atoms with van der Waals surface area (Å²) in [7, 11) is -3.61. The number of carbonyl (C=O) groups excluding carboxylic acids is 1. The van der Waals surface area contributed by atoms with Crippen LogP contribution in [0.25, 0.3) is 0 Å². The zero-order chi connectivity index (χ0) is 14.2. The van der Waals surface area contributed by atoms with Gasteiger partial charge in [-0.1, -0.05) is 0 Å². The topological polar surface area (TPSA) is 80.5 Å². The predicted molar refractivity (Wildman–Crippen MR) is 69.6 cm³/mol. The van der Waals surface area contributed by atoms with Gasteiger partial charge in [-0.25, -0.2) is 17.9 Å². The molecular formula is C12H15FN2O3S. The third-order valence-corrected chi connectivity index (χ3v) is 3.95. The van der Waals surface area contributed by atoms with Crippen LogP contribution < -0.4 is 10.0 Å². The molecule has 1 aromatic carbocycles. The van der Waals surface area contributed by atoms with Crippen LogP contribution in [0.5, 0.6) is 0 Å². The minimum absolute atomic E-state index is 0.117. The second-order valence-electron chi connectivity index (χ2n) is 4.89. The Balaban J connectivity index is 2.20. The Morgan fingerprint density at radius 1 is 1.42 bits per heavy atom. The Hall–Kier alpha value is -1.47. The lowest BCUT2D eigenvalue weighted by Crippen LogP contribution is -2.27. The second-order valence-corrected chi connectivity index (χ2v) is 6.55. The van der Waals surface area contributed by atoms with Crippen LogP contribution in [0.4, 0.5) is 10.1 Å². The van der Waals surface area contributed by atoms with Crippen molar-refractivity contribution in [3.05, 3.63) is 29.6 Å². The van der Waals surface area contributed by atoms with Crippen LogP contribution in [0.3, 0.4) is 0 Å². The monoisotopic (exact) mass is 286 g/mol. The summed E-state index contributed by atoms with van der Waals surface area (Å²) >= 11 is 0. The van der Waals surface area contributed by atoms with Gasteiger partial charge in [-0.2, -0.15) is 0 Å². The van der Waals surface area contributed by atoms with E-state index in [9.17, 15) is 17.6 Å². The van der Waals surface area contributed by atoms with E-state index >= 15 is 0 Å². The second kappa shape index (κ2) is 4.90. The number of nitrogens with two attached hydrogens (primary N) is 1. The summed E-state index contributed by atoms with van der Waals surface area (Å²) in [4.78, 5) is 13.3. The highest BCUT2D eigenvalue weighted by molar-refractivity contribution is 7.89. The van der Waals surface area contributed by atoms with Crippen molar-refractivity contribution in [1.29, 1.82) is 0 Å². The van der Waals surface area contributed by atoms with E-state index in [1.54, 1.807) is 13.0 Å². The molecule has 2 rings (SSSR count). The van der Waals surface area contributed by atoms with E-state index in [1.807, 2.05) is 0 Å². The fourth-order valence-electron chi connectivity index (χ4n) is 2.34. The molecule has 0 radical (unpaired) electrons. The smallest absolute Gasteiger partial charge is 0.227 e. The first-order valence-corrected chi connectivity index (χ1v) is 7.54. The molecule has 1 aliphatic rings. The first-order chi connectivity index (χ1) is 8.74. The number of anilines is 1. The Morgan fingerprint density at radius 2 is 2.11 bits per heavy atom. The van der Waals surface area contributed by atoms with E-state index in [1.165, 1.54) is 17.0 Å². The SMILES string of the molecule is Cc1cc(F)cc(N2CC(CS(N)(=O)=O)CC2=O)c1. The van der Waals surface area contributed by atoms with Crippen molar-refractivity contribution in [3.63, 3.8) is 0 Å². The zero-order valence-electron chi connectivity index (χ0n) is 10.5. The van der Waals surface area contributed by atoms with E-state index in [0.717, 1.165) is 0 Å². The standard InChI is InChI=1S/C12H15FN2O3S/c1-8-2-10(13)5-11(3-8)15-6-9(4-12(15)16)7-19(14,17)18/h2-3,5,9H,4,6-7H2,1H3,(H2,14,17,18). The molecule has 1 heterocycles. The number of hydrogen-bond donors (Lipinski definition) is 1. The minimum Gasteiger partial charge on any atom is -0.312 e. The average Bonchev–Trinajstić information content (AvgIpc) is 2.54. The molecule has 0 aliphatic carbocycles. The van der Waals surface area contributed by atoms with E-state index in [4.69, 9.17) is 5.14 Å². The van der Waals surface area contributed by atoms with Crippen LogP contribution in [0.15, 0.2) is 18.2 Å². The van der Waals surface area contributed by atoms with Gasteiger partial charge in [0.2, 0.25) is 15.9 Å². The number of nitrogens with zero attached hydrogens (tertiary/aromatic N) is 1. The summed E-state index contributed by atoms with van der Waals surface area (Å²) in [6.07, 6.45) is 0.117. The average molecular weight is 286 g/mol. The number of sulfonamides is 1. The van der Waals surface area contributed by atoms with Crippen molar-refractivity contribution in [2.24, 2.45) is 11.1 Å². The highest BCUT2D eigenvalue weighted by Gasteiger charge is 2.32. The fourth-order valence-corrected chi connectivity index (χ4v) is 3.22. The maximum Gasteiger partial charge on any atom is 0.227 e. The Labute approximate surface area is 111 Å². The number of benzene rings is 1. The number of primary sulfonamides is 1. The molecule has 1 unspecified atom stereocenters. The van der Waals surface area contributed by atoms with E-state index in [2.05, 4.69) is 0 Å². The van der Waals surface area contributed by atoms with E-state index in [-0.39, 0.29) is 30.5 Å². The maximum atomic E-state index is 13.3. The molecule has 104 valence electrons. The first-order valence-electron chi connectivity index (χ1n) is 5.82. The van der Waals surface area contributed by atoms with E-state index < -0.39 is 15.8 Å². The zero-order valence-corrected chi connectivity index (χ0v) is 11.3. The summed E-state index contributed by atoms with van der Waals surface area (Å²) in [5.74, 6) is -1.20. The summed E-state index contributed by atoms with van der Waals surface area (Å²) in [6, 6.07) is 4.33. The quantitative estimate of drug-likeness (QED) is 0.891. The van der Waals surface area contributed by atoms with Crippen molar-refractivity contribution >= 4 is 21.6 Å². The number of amides is 1. The van der Waals surface area contributed by atoms with Crippen LogP contribution in [0.1, 0.15) is 12.0 Å². The largest absolute Gasteiger partial charge is 0.312 e. The molecule has 19 heavy (non-hydrogen) atoms. The van der Waals surface area contributed by atoms with Crippen molar-refractivity contribution in [2.75, 3.05) is 17.2 Å². The van der Waals surface area contributed by atoms with Crippen molar-refractivity contribution in [3.8, 4) is 0 Å². The van der Waals surface area contributed by atoms with Gasteiger partial charge in [0.05, 0.1) is 5.75 Å². The molecule has 1 atom stereocenters. The summed E-state index contributed by atoms with van der Waals surface area (Å²) in [5.41, 5.74) is 1.16. The molecule has 0 spiro atoms. The number of rotatable bonds is 3.